The van der Waals surface area contributed by atoms with Gasteiger partial charge in [0.15, 0.2) is 6.23 Å². The van der Waals surface area contributed by atoms with Crippen LogP contribution in [0.5, 0.6) is 0 Å². The second kappa shape index (κ2) is 4.78. The van der Waals surface area contributed by atoms with E-state index in [0.29, 0.717) is 5.56 Å². The van der Waals surface area contributed by atoms with Crippen molar-refractivity contribution in [1.29, 1.82) is 0 Å². The molecular weight excluding hydrogens is 232 g/mol. The first kappa shape index (κ1) is 12.6. The standard InChI is InChI=1S/C13H16N2O3/c1-4-9-6-11(18-10(9)5-2)15-7-8(3)12(16)14-13(15)17/h4,6-7,10-11H,1,5H2,2-3H3,(H,14,16,17)/t10-,11-/m1/s1. The molecule has 2 atom stereocenters. The molecule has 5 heteroatoms. The second-order valence-corrected chi connectivity index (χ2v) is 4.27. The molecule has 0 saturated heterocycles. The summed E-state index contributed by atoms with van der Waals surface area (Å²) >= 11 is 0. The minimum Gasteiger partial charge on any atom is -0.346 e. The summed E-state index contributed by atoms with van der Waals surface area (Å²) in [6.45, 7) is 7.39. The maximum absolute atomic E-state index is 11.7. The van der Waals surface area contributed by atoms with Crippen LogP contribution < -0.4 is 11.2 Å². The summed E-state index contributed by atoms with van der Waals surface area (Å²) < 4.78 is 7.14. The molecule has 5 nitrogen and oxygen atoms in total. The van der Waals surface area contributed by atoms with E-state index in [1.54, 1.807) is 13.0 Å². The van der Waals surface area contributed by atoms with Crippen molar-refractivity contribution < 1.29 is 4.74 Å². The summed E-state index contributed by atoms with van der Waals surface area (Å²) in [5.74, 6) is 0. The summed E-state index contributed by atoms with van der Waals surface area (Å²) in [6, 6.07) is 0. The predicted octanol–water partition coefficient (Wildman–Crippen LogP) is 1.26. The van der Waals surface area contributed by atoms with Gasteiger partial charge in [-0.25, -0.2) is 4.79 Å². The minimum atomic E-state index is -0.481. The smallest absolute Gasteiger partial charge is 0.330 e. The second-order valence-electron chi connectivity index (χ2n) is 4.27. The van der Waals surface area contributed by atoms with Crippen LogP contribution >= 0.6 is 0 Å². The van der Waals surface area contributed by atoms with Gasteiger partial charge in [-0.1, -0.05) is 19.6 Å². The molecule has 0 saturated carbocycles. The highest BCUT2D eigenvalue weighted by atomic mass is 16.5. The van der Waals surface area contributed by atoms with Gasteiger partial charge >= 0.3 is 5.69 Å². The Bertz CT molecular complexity index is 609. The molecule has 0 aromatic carbocycles. The normalized spacial score (nSPS) is 22.9. The maximum Gasteiger partial charge on any atom is 0.330 e. The van der Waals surface area contributed by atoms with Crippen molar-refractivity contribution in [2.45, 2.75) is 32.6 Å². The number of nitrogens with one attached hydrogen (secondary N) is 1. The molecule has 1 aromatic rings. The van der Waals surface area contributed by atoms with E-state index in [4.69, 9.17) is 4.74 Å². The third-order valence-electron chi connectivity index (χ3n) is 3.04. The number of aryl methyl sites for hydroxylation is 1. The zero-order chi connectivity index (χ0) is 13.3. The fraction of sp³-hybridized carbons (Fsp3) is 0.385. The highest BCUT2D eigenvalue weighted by molar-refractivity contribution is 5.25. The third kappa shape index (κ3) is 2.09. The molecule has 1 aromatic heterocycles. The average Bonchev–Trinajstić information content (AvgIpc) is 2.76. The molecular formula is C13H16N2O3. The molecule has 0 unspecified atom stereocenters. The Morgan fingerprint density at radius 1 is 1.56 bits per heavy atom. The van der Waals surface area contributed by atoms with Gasteiger partial charge < -0.3 is 4.74 Å². The summed E-state index contributed by atoms with van der Waals surface area (Å²) in [6.07, 6.45) is 5.38. The number of aromatic nitrogens is 2. The lowest BCUT2D eigenvalue weighted by Crippen LogP contribution is -2.33. The van der Waals surface area contributed by atoms with Gasteiger partial charge in [0.05, 0.1) is 6.10 Å². The summed E-state index contributed by atoms with van der Waals surface area (Å²) in [5.41, 5.74) is 0.617. The van der Waals surface area contributed by atoms with E-state index in [1.807, 2.05) is 13.0 Å². The highest BCUT2D eigenvalue weighted by Gasteiger charge is 2.25. The average molecular weight is 248 g/mol. The quantitative estimate of drug-likeness (QED) is 0.876. The first-order valence-electron chi connectivity index (χ1n) is 5.88. The van der Waals surface area contributed by atoms with E-state index in [1.165, 1.54) is 10.8 Å². The number of hydrogen-bond acceptors (Lipinski definition) is 3. The zero-order valence-electron chi connectivity index (χ0n) is 10.5. The summed E-state index contributed by atoms with van der Waals surface area (Å²) in [4.78, 5) is 25.3. The van der Waals surface area contributed by atoms with Crippen LogP contribution in [0.15, 0.2) is 40.1 Å². The van der Waals surface area contributed by atoms with Crippen LogP contribution in [0.4, 0.5) is 0 Å². The Hall–Kier alpha value is -1.88. The van der Waals surface area contributed by atoms with Gasteiger partial charge in [-0.05, 0) is 25.0 Å². The molecule has 1 N–H and O–H groups in total. The number of aromatic amines is 1. The van der Waals surface area contributed by atoms with Crippen molar-refractivity contribution in [1.82, 2.24) is 9.55 Å². The van der Waals surface area contributed by atoms with Crippen LogP contribution in [-0.2, 0) is 4.74 Å². The fourth-order valence-corrected chi connectivity index (χ4v) is 2.01. The Morgan fingerprint density at radius 2 is 2.28 bits per heavy atom. The van der Waals surface area contributed by atoms with E-state index in [-0.39, 0.29) is 11.7 Å². The molecule has 2 rings (SSSR count). The molecule has 0 aliphatic carbocycles. The van der Waals surface area contributed by atoms with Crippen molar-refractivity contribution >= 4 is 0 Å². The van der Waals surface area contributed by atoms with Crippen molar-refractivity contribution in [3.63, 3.8) is 0 Å². The van der Waals surface area contributed by atoms with Crippen molar-refractivity contribution in [2.24, 2.45) is 0 Å². The van der Waals surface area contributed by atoms with E-state index < -0.39 is 11.9 Å². The molecule has 18 heavy (non-hydrogen) atoms. The van der Waals surface area contributed by atoms with E-state index in [9.17, 15) is 9.59 Å². The SMILES string of the molecule is C=CC1=C[C@H](n2cc(C)c(=O)[nH]c2=O)O[C@@H]1CC. The minimum absolute atomic E-state index is 0.0494. The Balaban J connectivity index is 2.43. The van der Waals surface area contributed by atoms with Crippen LogP contribution in [-0.4, -0.2) is 15.7 Å². The monoisotopic (exact) mass is 248 g/mol. The van der Waals surface area contributed by atoms with Crippen LogP contribution in [0, 0.1) is 6.92 Å². The number of ether oxygens (including phenoxy) is 1. The summed E-state index contributed by atoms with van der Waals surface area (Å²) in [7, 11) is 0. The maximum atomic E-state index is 11.7. The lowest BCUT2D eigenvalue weighted by Gasteiger charge is -2.15. The lowest BCUT2D eigenvalue weighted by atomic mass is 10.1. The van der Waals surface area contributed by atoms with E-state index >= 15 is 0 Å². The fourth-order valence-electron chi connectivity index (χ4n) is 2.01. The number of nitrogens with zero attached hydrogens (tertiary/aromatic N) is 1. The topological polar surface area (TPSA) is 64.1 Å². The lowest BCUT2D eigenvalue weighted by molar-refractivity contribution is 0.0116. The van der Waals surface area contributed by atoms with Gasteiger partial charge in [0.25, 0.3) is 5.56 Å². The van der Waals surface area contributed by atoms with Gasteiger partial charge in [-0.15, -0.1) is 0 Å². The predicted molar refractivity (Wildman–Crippen MR) is 68.5 cm³/mol. The molecule has 0 spiro atoms. The number of H-pyrrole nitrogens is 1. The summed E-state index contributed by atoms with van der Waals surface area (Å²) in [5, 5.41) is 0. The highest BCUT2D eigenvalue weighted by Crippen LogP contribution is 2.28. The van der Waals surface area contributed by atoms with Crippen LogP contribution in [0.25, 0.3) is 0 Å². The Morgan fingerprint density at radius 3 is 2.83 bits per heavy atom. The van der Waals surface area contributed by atoms with E-state index in [0.717, 1.165) is 12.0 Å². The molecule has 1 aliphatic rings. The van der Waals surface area contributed by atoms with Gasteiger partial charge in [0.2, 0.25) is 0 Å². The van der Waals surface area contributed by atoms with Gasteiger partial charge in [0.1, 0.15) is 0 Å². The van der Waals surface area contributed by atoms with Gasteiger partial charge in [-0.3, -0.25) is 14.3 Å². The molecule has 2 heterocycles. The molecule has 0 amide bonds. The van der Waals surface area contributed by atoms with Crippen LogP contribution in [0.1, 0.15) is 25.1 Å². The third-order valence-corrected chi connectivity index (χ3v) is 3.04. The first-order valence-corrected chi connectivity index (χ1v) is 5.88. The van der Waals surface area contributed by atoms with Gasteiger partial charge in [0, 0.05) is 11.8 Å². The molecule has 0 bridgehead atoms. The first-order chi connectivity index (χ1) is 8.56. The van der Waals surface area contributed by atoms with Crippen LogP contribution in [0.2, 0.25) is 0 Å². The number of hydrogen-bond donors (Lipinski definition) is 1. The van der Waals surface area contributed by atoms with Crippen molar-refractivity contribution in [2.75, 3.05) is 0 Å². The Labute approximate surface area is 104 Å². The number of rotatable bonds is 3. The van der Waals surface area contributed by atoms with Gasteiger partial charge in [-0.2, -0.15) is 0 Å². The molecule has 0 radical (unpaired) electrons. The largest absolute Gasteiger partial charge is 0.346 e. The molecule has 1 aliphatic heterocycles. The Kier molecular flexibility index (Phi) is 3.34. The zero-order valence-corrected chi connectivity index (χ0v) is 10.5. The molecule has 0 fully saturated rings. The van der Waals surface area contributed by atoms with Crippen molar-refractivity contribution in [3.05, 3.63) is 56.9 Å². The van der Waals surface area contributed by atoms with E-state index in [2.05, 4.69) is 11.6 Å². The molecule has 96 valence electrons. The van der Waals surface area contributed by atoms with Crippen molar-refractivity contribution in [3.8, 4) is 0 Å². The van der Waals surface area contributed by atoms with Crippen LogP contribution in [0.3, 0.4) is 0 Å².